The zero-order valence-corrected chi connectivity index (χ0v) is 31.5. The summed E-state index contributed by atoms with van der Waals surface area (Å²) in [4.78, 5) is 39.6. The molecule has 0 aromatic heterocycles. The Morgan fingerprint density at radius 2 is 1.38 bits per heavy atom. The Bertz CT molecular complexity index is 2270. The van der Waals surface area contributed by atoms with Crippen molar-refractivity contribution in [3.63, 3.8) is 0 Å². The smallest absolute Gasteiger partial charge is 0.253 e. The van der Waals surface area contributed by atoms with Crippen LogP contribution in [0.5, 0.6) is 0 Å². The van der Waals surface area contributed by atoms with Gasteiger partial charge in [-0.05, 0) is 72.0 Å². The van der Waals surface area contributed by atoms with E-state index in [0.717, 1.165) is 30.7 Å². The number of anilines is 1. The number of unbranched alkanes of at least 4 members (excludes halogenated alkanes) is 2. The molecule has 3 heterocycles. The van der Waals surface area contributed by atoms with Gasteiger partial charge in [0.05, 0.1) is 5.41 Å². The molecule has 7 rings (SSSR count). The van der Waals surface area contributed by atoms with E-state index in [9.17, 15) is 14.4 Å². The van der Waals surface area contributed by atoms with Crippen LogP contribution < -0.4 is 10.2 Å². The number of allylic oxidation sites excluding steroid dienone is 6. The molecule has 270 valence electrons. The normalized spacial score (nSPS) is 18.2. The molecule has 7 heteroatoms. The summed E-state index contributed by atoms with van der Waals surface area (Å²) in [6, 6.07) is 26.3. The van der Waals surface area contributed by atoms with Crippen LogP contribution in [-0.4, -0.2) is 59.6 Å². The van der Waals surface area contributed by atoms with Gasteiger partial charge in [-0.3, -0.25) is 19.3 Å². The van der Waals surface area contributed by atoms with Gasteiger partial charge in [0.25, 0.3) is 11.8 Å². The number of amides is 3. The minimum atomic E-state index is -0.329. The number of hydrogen-bond acceptors (Lipinski definition) is 4. The molecule has 0 radical (unpaired) electrons. The molecule has 0 bridgehead atoms. The topological polar surface area (TPSA) is 72.7 Å². The molecule has 53 heavy (non-hydrogen) atoms. The van der Waals surface area contributed by atoms with Gasteiger partial charge in [-0.1, -0.05) is 93.1 Å². The highest BCUT2D eigenvalue weighted by Crippen LogP contribution is 2.51. The van der Waals surface area contributed by atoms with Crippen molar-refractivity contribution < 1.29 is 19.0 Å². The van der Waals surface area contributed by atoms with Crippen molar-refractivity contribution >= 4 is 56.4 Å². The lowest BCUT2D eigenvalue weighted by Gasteiger charge is -2.27. The fraction of sp³-hybridized carbons (Fsp3) is 0.304. The van der Waals surface area contributed by atoms with E-state index in [0.29, 0.717) is 6.42 Å². The molecule has 1 N–H and O–H groups in total. The van der Waals surface area contributed by atoms with E-state index >= 15 is 0 Å². The zero-order valence-electron chi connectivity index (χ0n) is 31.5. The predicted octanol–water partition coefficient (Wildman–Crippen LogP) is 8.39. The fourth-order valence-electron chi connectivity index (χ4n) is 8.61. The Hall–Kier alpha value is -5.56. The van der Waals surface area contributed by atoms with Crippen LogP contribution in [0.1, 0.15) is 64.5 Å². The number of imide groups is 1. The minimum Gasteiger partial charge on any atom is -0.354 e. The number of hydrogen-bond donors (Lipinski definition) is 1. The van der Waals surface area contributed by atoms with Crippen LogP contribution in [0.25, 0.3) is 21.5 Å². The van der Waals surface area contributed by atoms with Crippen LogP contribution in [0.4, 0.5) is 11.4 Å². The molecule has 3 amide bonds. The molecule has 3 aliphatic heterocycles. The number of nitrogens with one attached hydrogen (secondary N) is 1. The predicted molar refractivity (Wildman–Crippen MR) is 216 cm³/mol. The Labute approximate surface area is 312 Å². The van der Waals surface area contributed by atoms with E-state index in [1.807, 2.05) is 0 Å². The first kappa shape index (κ1) is 35.8. The number of benzene rings is 4. The molecule has 0 saturated heterocycles. The maximum atomic E-state index is 12.5. The molecule has 0 fully saturated rings. The summed E-state index contributed by atoms with van der Waals surface area (Å²) in [7, 11) is 2.17. The maximum absolute atomic E-state index is 12.5. The summed E-state index contributed by atoms with van der Waals surface area (Å²) in [6.45, 7) is 10.6. The Morgan fingerprint density at radius 1 is 0.717 bits per heavy atom. The summed E-state index contributed by atoms with van der Waals surface area (Å²) >= 11 is 0. The van der Waals surface area contributed by atoms with E-state index < -0.39 is 0 Å². The Kier molecular flexibility index (Phi) is 9.77. The van der Waals surface area contributed by atoms with Crippen LogP contribution >= 0.6 is 0 Å². The second kappa shape index (κ2) is 14.5. The molecule has 4 aromatic carbocycles. The third kappa shape index (κ3) is 6.65. The van der Waals surface area contributed by atoms with Gasteiger partial charge in [0.2, 0.25) is 11.6 Å². The van der Waals surface area contributed by atoms with Crippen LogP contribution in [-0.2, 0) is 25.2 Å². The van der Waals surface area contributed by atoms with E-state index in [4.69, 9.17) is 0 Å². The van der Waals surface area contributed by atoms with Gasteiger partial charge in [0, 0.05) is 72.7 Å². The fourth-order valence-corrected chi connectivity index (χ4v) is 8.61. The molecule has 0 aliphatic carbocycles. The van der Waals surface area contributed by atoms with Crippen molar-refractivity contribution in [3.05, 3.63) is 132 Å². The van der Waals surface area contributed by atoms with Crippen LogP contribution in [0.15, 0.2) is 121 Å². The minimum absolute atomic E-state index is 0.0578. The third-order valence-electron chi connectivity index (χ3n) is 11.2. The summed E-state index contributed by atoms with van der Waals surface area (Å²) in [6.07, 6.45) is 16.6. The van der Waals surface area contributed by atoms with Crippen molar-refractivity contribution in [3.8, 4) is 0 Å². The largest absolute Gasteiger partial charge is 0.354 e. The summed E-state index contributed by atoms with van der Waals surface area (Å²) < 4.78 is 2.33. The molecular formula is C46H49N4O3+. The number of fused-ring (bicyclic) bond motifs is 6. The van der Waals surface area contributed by atoms with Gasteiger partial charge >= 0.3 is 0 Å². The molecule has 0 atom stereocenters. The monoisotopic (exact) mass is 705 g/mol. The van der Waals surface area contributed by atoms with Gasteiger partial charge in [-0.25, -0.2) is 0 Å². The lowest BCUT2D eigenvalue weighted by Crippen LogP contribution is -2.38. The van der Waals surface area contributed by atoms with Gasteiger partial charge in [-0.2, -0.15) is 4.58 Å². The third-order valence-corrected chi connectivity index (χ3v) is 11.2. The van der Waals surface area contributed by atoms with Crippen molar-refractivity contribution in [1.29, 1.82) is 0 Å². The summed E-state index contributed by atoms with van der Waals surface area (Å²) in [5.41, 5.74) is 7.43. The second-order valence-electron chi connectivity index (χ2n) is 15.3. The molecule has 0 spiro atoms. The molecular weight excluding hydrogens is 657 g/mol. The van der Waals surface area contributed by atoms with E-state index in [1.54, 1.807) is 0 Å². The number of carbonyl (C=O) groups excluding carboxylic acids is 3. The SMILES string of the molecule is C[N+]1=C(C=CC=CC=C2N(CCCCCC(=O)NCCN3C(=O)C=CC3=O)c3ccc4ccccc4c3C2(C)C)C(C)(C)c2c1ccc1ccccc21. The van der Waals surface area contributed by atoms with E-state index in [2.05, 4.69) is 153 Å². The lowest BCUT2D eigenvalue weighted by molar-refractivity contribution is -0.401. The first-order valence-corrected chi connectivity index (χ1v) is 18.8. The van der Waals surface area contributed by atoms with E-state index in [1.165, 1.54) is 67.6 Å². The first-order chi connectivity index (χ1) is 25.5. The van der Waals surface area contributed by atoms with Crippen LogP contribution in [0.3, 0.4) is 0 Å². The Balaban J connectivity index is 1.04. The van der Waals surface area contributed by atoms with Crippen molar-refractivity contribution in [2.24, 2.45) is 0 Å². The zero-order chi connectivity index (χ0) is 37.3. The quantitative estimate of drug-likeness (QED) is 0.0696. The highest BCUT2D eigenvalue weighted by atomic mass is 16.2. The Morgan fingerprint density at radius 3 is 2.09 bits per heavy atom. The van der Waals surface area contributed by atoms with Gasteiger partial charge in [-0.15, -0.1) is 0 Å². The van der Waals surface area contributed by atoms with E-state index in [-0.39, 0.29) is 41.6 Å². The van der Waals surface area contributed by atoms with Gasteiger partial charge < -0.3 is 10.2 Å². The molecule has 3 aliphatic rings. The lowest BCUT2D eigenvalue weighted by atomic mass is 9.79. The maximum Gasteiger partial charge on any atom is 0.253 e. The van der Waals surface area contributed by atoms with Gasteiger partial charge in [0.15, 0.2) is 5.71 Å². The molecule has 4 aromatic rings. The van der Waals surface area contributed by atoms with Gasteiger partial charge in [0.1, 0.15) is 7.05 Å². The first-order valence-electron chi connectivity index (χ1n) is 18.8. The van der Waals surface area contributed by atoms with Crippen LogP contribution in [0, 0.1) is 0 Å². The molecule has 0 saturated carbocycles. The number of nitrogens with zero attached hydrogens (tertiary/aromatic N) is 3. The van der Waals surface area contributed by atoms with Crippen LogP contribution in [0.2, 0.25) is 0 Å². The average molecular weight is 706 g/mol. The standard InChI is InChI=1S/C46H48N4O3/c1-45(2)38(48(5)36-25-23-32-16-11-13-18-34(32)43(36)45)20-8-6-9-21-39-46(3,4)44-35-19-14-12-17-33(35)24-26-37(44)49(39)30-15-7-10-22-40(51)47-29-31-50-41(52)27-28-42(50)53/h6,8-9,11-14,16-21,23-28H,7,10,15,22,29-31H2,1-5H3/p+1. The van der Waals surface area contributed by atoms with Crippen molar-refractivity contribution in [1.82, 2.24) is 10.2 Å². The summed E-state index contributed by atoms with van der Waals surface area (Å²) in [5.74, 6) is -0.716. The molecule has 7 nitrogen and oxygen atoms in total. The highest BCUT2D eigenvalue weighted by Gasteiger charge is 2.44. The average Bonchev–Trinajstić information content (AvgIpc) is 3.66. The second-order valence-corrected chi connectivity index (χ2v) is 15.3. The molecule has 0 unspecified atom stereocenters. The van der Waals surface area contributed by atoms with Crippen molar-refractivity contribution in [2.45, 2.75) is 64.2 Å². The summed E-state index contributed by atoms with van der Waals surface area (Å²) in [5, 5.41) is 7.96. The highest BCUT2D eigenvalue weighted by molar-refractivity contribution is 6.13. The van der Waals surface area contributed by atoms with Crippen molar-refractivity contribution in [2.75, 3.05) is 31.6 Å². The number of rotatable bonds is 12. The number of carbonyl (C=O) groups is 3.